The summed E-state index contributed by atoms with van der Waals surface area (Å²) >= 11 is 0. The highest BCUT2D eigenvalue weighted by atomic mass is 16.5. The minimum atomic E-state index is 0.804. The van der Waals surface area contributed by atoms with E-state index >= 15 is 0 Å². The van der Waals surface area contributed by atoms with Gasteiger partial charge in [-0.15, -0.1) is 0 Å². The largest absolute Gasteiger partial charge is 0.492 e. The van der Waals surface area contributed by atoms with Crippen LogP contribution in [0.15, 0.2) is 18.5 Å². The van der Waals surface area contributed by atoms with Crippen LogP contribution < -0.4 is 10.1 Å². The molecule has 0 bridgehead atoms. The Balaban J connectivity index is 2.21. The molecular formula is C17H30N2O. The predicted octanol–water partition coefficient (Wildman–Crippen LogP) is 4.32. The highest BCUT2D eigenvalue weighted by Crippen LogP contribution is 2.17. The van der Waals surface area contributed by atoms with Crippen molar-refractivity contribution >= 4 is 0 Å². The van der Waals surface area contributed by atoms with Gasteiger partial charge in [-0.05, 0) is 25.5 Å². The van der Waals surface area contributed by atoms with Gasteiger partial charge in [0.1, 0.15) is 5.75 Å². The number of ether oxygens (including phenoxy) is 1. The minimum absolute atomic E-state index is 0.804. The van der Waals surface area contributed by atoms with E-state index in [1.165, 1.54) is 37.7 Å². The Morgan fingerprint density at radius 1 is 1.05 bits per heavy atom. The lowest BCUT2D eigenvalue weighted by Crippen LogP contribution is -2.15. The second-order valence-corrected chi connectivity index (χ2v) is 5.28. The van der Waals surface area contributed by atoms with E-state index in [2.05, 4.69) is 24.1 Å². The molecule has 0 aliphatic carbocycles. The zero-order valence-electron chi connectivity index (χ0n) is 13.2. The second-order valence-electron chi connectivity index (χ2n) is 5.28. The van der Waals surface area contributed by atoms with Crippen molar-refractivity contribution in [2.24, 2.45) is 0 Å². The van der Waals surface area contributed by atoms with Gasteiger partial charge in [0.15, 0.2) is 0 Å². The van der Waals surface area contributed by atoms with Crippen molar-refractivity contribution in [3.63, 3.8) is 0 Å². The van der Waals surface area contributed by atoms with Crippen LogP contribution in [0, 0.1) is 0 Å². The van der Waals surface area contributed by atoms with E-state index < -0.39 is 0 Å². The zero-order valence-corrected chi connectivity index (χ0v) is 13.2. The molecule has 0 fully saturated rings. The summed E-state index contributed by atoms with van der Waals surface area (Å²) in [5.74, 6) is 0.935. The van der Waals surface area contributed by atoms with E-state index in [1.54, 1.807) is 0 Å². The van der Waals surface area contributed by atoms with Gasteiger partial charge in [-0.2, -0.15) is 0 Å². The average Bonchev–Trinajstić information content (AvgIpc) is 2.48. The summed E-state index contributed by atoms with van der Waals surface area (Å²) in [5, 5.41) is 3.41. The number of nitrogens with zero attached hydrogens (tertiary/aromatic N) is 1. The SMILES string of the molecule is CCCCCCCCOc1cnccc1CNCCC. The number of unbranched alkanes of at least 4 members (excludes halogenated alkanes) is 5. The van der Waals surface area contributed by atoms with Crippen molar-refractivity contribution in [3.8, 4) is 5.75 Å². The molecule has 1 aromatic rings. The van der Waals surface area contributed by atoms with Crippen LogP contribution in [-0.4, -0.2) is 18.1 Å². The Morgan fingerprint density at radius 3 is 2.65 bits per heavy atom. The maximum atomic E-state index is 5.87. The van der Waals surface area contributed by atoms with E-state index in [-0.39, 0.29) is 0 Å². The van der Waals surface area contributed by atoms with E-state index in [4.69, 9.17) is 4.74 Å². The van der Waals surface area contributed by atoms with Crippen molar-refractivity contribution in [3.05, 3.63) is 24.0 Å². The Hall–Kier alpha value is -1.09. The fourth-order valence-electron chi connectivity index (χ4n) is 2.15. The summed E-state index contributed by atoms with van der Waals surface area (Å²) in [6.07, 6.45) is 12.6. The van der Waals surface area contributed by atoms with Crippen LogP contribution in [0.2, 0.25) is 0 Å². The number of aromatic nitrogens is 1. The fraction of sp³-hybridized carbons (Fsp3) is 0.706. The molecule has 0 saturated heterocycles. The number of rotatable bonds is 12. The Morgan fingerprint density at radius 2 is 1.85 bits per heavy atom. The molecule has 1 N–H and O–H groups in total. The lowest BCUT2D eigenvalue weighted by molar-refractivity contribution is 0.299. The molecule has 0 radical (unpaired) electrons. The van der Waals surface area contributed by atoms with Crippen LogP contribution in [0.4, 0.5) is 0 Å². The zero-order chi connectivity index (χ0) is 14.5. The van der Waals surface area contributed by atoms with E-state index in [9.17, 15) is 0 Å². The van der Waals surface area contributed by atoms with E-state index in [0.29, 0.717) is 0 Å². The molecule has 0 aromatic carbocycles. The third-order valence-electron chi connectivity index (χ3n) is 3.37. The summed E-state index contributed by atoms with van der Waals surface area (Å²) in [6, 6.07) is 2.04. The molecule has 1 rings (SSSR count). The Kier molecular flexibility index (Phi) is 9.93. The molecule has 3 nitrogen and oxygen atoms in total. The van der Waals surface area contributed by atoms with E-state index in [1.807, 2.05) is 18.5 Å². The van der Waals surface area contributed by atoms with Crippen LogP contribution >= 0.6 is 0 Å². The number of hydrogen-bond acceptors (Lipinski definition) is 3. The van der Waals surface area contributed by atoms with Crippen molar-refractivity contribution in [1.82, 2.24) is 10.3 Å². The number of nitrogens with one attached hydrogen (secondary N) is 1. The fourth-order valence-corrected chi connectivity index (χ4v) is 2.15. The summed E-state index contributed by atoms with van der Waals surface area (Å²) < 4.78 is 5.87. The lowest BCUT2D eigenvalue weighted by atomic mass is 10.1. The molecule has 114 valence electrons. The highest BCUT2D eigenvalue weighted by Gasteiger charge is 2.02. The van der Waals surface area contributed by atoms with Gasteiger partial charge in [0, 0.05) is 18.3 Å². The first kappa shape index (κ1) is 17.0. The molecule has 1 aromatic heterocycles. The second kappa shape index (κ2) is 11.7. The van der Waals surface area contributed by atoms with E-state index in [0.717, 1.165) is 38.3 Å². The smallest absolute Gasteiger partial charge is 0.142 e. The maximum absolute atomic E-state index is 5.87. The lowest BCUT2D eigenvalue weighted by Gasteiger charge is -2.11. The predicted molar refractivity (Wildman–Crippen MR) is 85.1 cm³/mol. The molecular weight excluding hydrogens is 248 g/mol. The van der Waals surface area contributed by atoms with Gasteiger partial charge >= 0.3 is 0 Å². The van der Waals surface area contributed by atoms with Gasteiger partial charge in [-0.25, -0.2) is 0 Å². The minimum Gasteiger partial charge on any atom is -0.492 e. The van der Waals surface area contributed by atoms with Gasteiger partial charge in [0.25, 0.3) is 0 Å². The molecule has 0 unspecified atom stereocenters. The number of pyridine rings is 1. The Bertz CT molecular complexity index is 342. The summed E-state index contributed by atoms with van der Waals surface area (Å²) in [4.78, 5) is 4.16. The van der Waals surface area contributed by atoms with Crippen molar-refractivity contribution in [2.75, 3.05) is 13.2 Å². The summed E-state index contributed by atoms with van der Waals surface area (Å²) in [5.41, 5.74) is 1.21. The highest BCUT2D eigenvalue weighted by molar-refractivity contribution is 5.29. The molecule has 0 aliphatic rings. The molecule has 1 heterocycles. The van der Waals surface area contributed by atoms with Crippen molar-refractivity contribution in [2.45, 2.75) is 65.3 Å². The standard InChI is InChI=1S/C17H30N2O/c1-3-5-6-7-8-9-13-20-17-15-19-12-10-16(17)14-18-11-4-2/h10,12,15,18H,3-9,11,13-14H2,1-2H3. The first-order valence-electron chi connectivity index (χ1n) is 8.14. The van der Waals surface area contributed by atoms with Crippen LogP contribution in [0.25, 0.3) is 0 Å². The molecule has 0 spiro atoms. The van der Waals surface area contributed by atoms with Crippen LogP contribution in [-0.2, 0) is 6.54 Å². The molecule has 0 saturated carbocycles. The van der Waals surface area contributed by atoms with Crippen molar-refractivity contribution in [1.29, 1.82) is 0 Å². The van der Waals surface area contributed by atoms with Crippen LogP contribution in [0.5, 0.6) is 5.75 Å². The van der Waals surface area contributed by atoms with Gasteiger partial charge < -0.3 is 10.1 Å². The normalized spacial score (nSPS) is 10.7. The molecule has 20 heavy (non-hydrogen) atoms. The monoisotopic (exact) mass is 278 g/mol. The van der Waals surface area contributed by atoms with Crippen LogP contribution in [0.1, 0.15) is 64.4 Å². The topological polar surface area (TPSA) is 34.1 Å². The molecule has 0 aliphatic heterocycles. The van der Waals surface area contributed by atoms with Crippen molar-refractivity contribution < 1.29 is 4.74 Å². The summed E-state index contributed by atoms with van der Waals surface area (Å²) in [7, 11) is 0. The molecule has 3 heteroatoms. The quantitative estimate of drug-likeness (QED) is 0.578. The summed E-state index contributed by atoms with van der Waals surface area (Å²) in [6.45, 7) is 7.13. The third kappa shape index (κ3) is 7.49. The average molecular weight is 278 g/mol. The Labute approximate surface area is 124 Å². The first-order chi connectivity index (χ1) is 9.88. The van der Waals surface area contributed by atoms with Gasteiger partial charge in [-0.1, -0.05) is 46.0 Å². The maximum Gasteiger partial charge on any atom is 0.142 e. The van der Waals surface area contributed by atoms with Gasteiger partial charge in [0.05, 0.1) is 12.8 Å². The number of hydrogen-bond donors (Lipinski definition) is 1. The van der Waals surface area contributed by atoms with Gasteiger partial charge in [-0.3, -0.25) is 4.98 Å². The van der Waals surface area contributed by atoms with Crippen LogP contribution in [0.3, 0.4) is 0 Å². The molecule has 0 amide bonds. The molecule has 0 atom stereocenters. The van der Waals surface area contributed by atoms with Gasteiger partial charge in [0.2, 0.25) is 0 Å². The third-order valence-corrected chi connectivity index (χ3v) is 3.37. The first-order valence-corrected chi connectivity index (χ1v) is 8.14.